The van der Waals surface area contributed by atoms with Crippen LogP contribution in [0.2, 0.25) is 5.02 Å². The molecule has 0 spiro atoms. The summed E-state index contributed by atoms with van der Waals surface area (Å²) < 4.78 is 15.3. The molecular weight excluding hydrogens is 459 g/mol. The predicted molar refractivity (Wildman–Crippen MR) is 135 cm³/mol. The van der Waals surface area contributed by atoms with Crippen LogP contribution in [0.4, 0.5) is 4.39 Å². The Labute approximate surface area is 203 Å². The van der Waals surface area contributed by atoms with Gasteiger partial charge in [-0.1, -0.05) is 55.1 Å². The van der Waals surface area contributed by atoms with E-state index in [1.165, 1.54) is 44.2 Å². The first-order chi connectivity index (χ1) is 16.0. The highest BCUT2D eigenvalue weighted by Crippen LogP contribution is 2.30. The lowest BCUT2D eigenvalue weighted by Crippen LogP contribution is -2.19. The van der Waals surface area contributed by atoms with Gasteiger partial charge in [0.2, 0.25) is 0 Å². The maximum absolute atomic E-state index is 13.5. The molecule has 4 rings (SSSR count). The van der Waals surface area contributed by atoms with E-state index in [0.717, 1.165) is 40.4 Å². The molecule has 176 valence electrons. The lowest BCUT2D eigenvalue weighted by Gasteiger charge is -2.20. The van der Waals surface area contributed by atoms with Crippen molar-refractivity contribution in [3.05, 3.63) is 70.1 Å². The number of carboxylic acids is 1. The normalized spacial score (nSPS) is 14.7. The molecule has 0 aliphatic heterocycles. The van der Waals surface area contributed by atoms with Crippen molar-refractivity contribution in [1.29, 1.82) is 0 Å². The fraction of sp³-hybridized carbons (Fsp3) is 0.423. The van der Waals surface area contributed by atoms with Gasteiger partial charge < -0.3 is 15.0 Å². The summed E-state index contributed by atoms with van der Waals surface area (Å²) in [5.74, 6) is -0.255. The quantitative estimate of drug-likeness (QED) is 0.311. The van der Waals surface area contributed by atoms with Gasteiger partial charge in [0, 0.05) is 39.8 Å². The summed E-state index contributed by atoms with van der Waals surface area (Å²) in [6, 6.07) is 11.9. The van der Waals surface area contributed by atoms with Crippen molar-refractivity contribution >= 4 is 40.2 Å². The van der Waals surface area contributed by atoms with E-state index in [0.29, 0.717) is 17.1 Å². The second-order valence-corrected chi connectivity index (χ2v) is 10.4. The number of benzene rings is 2. The van der Waals surface area contributed by atoms with E-state index in [1.54, 1.807) is 10.6 Å². The van der Waals surface area contributed by atoms with Gasteiger partial charge in [0.25, 0.3) is 0 Å². The highest BCUT2D eigenvalue weighted by molar-refractivity contribution is 7.99. The molecule has 0 radical (unpaired) electrons. The van der Waals surface area contributed by atoms with Crippen LogP contribution < -0.4 is 5.32 Å². The maximum Gasteiger partial charge on any atom is 0.352 e. The van der Waals surface area contributed by atoms with Crippen molar-refractivity contribution in [3.63, 3.8) is 0 Å². The first-order valence-electron chi connectivity index (χ1n) is 11.6. The van der Waals surface area contributed by atoms with E-state index >= 15 is 0 Å². The zero-order valence-electron chi connectivity index (χ0n) is 18.7. The number of rotatable bonds is 10. The van der Waals surface area contributed by atoms with E-state index < -0.39 is 11.8 Å². The topological polar surface area (TPSA) is 54.3 Å². The SMILES string of the molecule is O=C(O)c1c(CNCCCSC2CCCCC2)c2ccccc2n1Cc1ccc(F)cc1Cl. The van der Waals surface area contributed by atoms with Gasteiger partial charge in [-0.2, -0.15) is 11.8 Å². The number of aromatic carboxylic acids is 1. The zero-order chi connectivity index (χ0) is 23.2. The average molecular weight is 489 g/mol. The van der Waals surface area contributed by atoms with Crippen LogP contribution in [-0.4, -0.2) is 33.2 Å². The van der Waals surface area contributed by atoms with Crippen molar-refractivity contribution in [3.8, 4) is 0 Å². The summed E-state index contributed by atoms with van der Waals surface area (Å²) in [6.07, 6.45) is 7.86. The number of nitrogens with one attached hydrogen (secondary N) is 1. The number of carbonyl (C=O) groups is 1. The Hall–Kier alpha value is -2.02. The Morgan fingerprint density at radius 2 is 1.97 bits per heavy atom. The molecule has 0 unspecified atom stereocenters. The van der Waals surface area contributed by atoms with E-state index in [4.69, 9.17) is 11.6 Å². The number of thioether (sulfide) groups is 1. The molecule has 1 aliphatic carbocycles. The van der Waals surface area contributed by atoms with Crippen LogP contribution in [0, 0.1) is 5.82 Å². The van der Waals surface area contributed by atoms with Crippen molar-refractivity contribution in [2.45, 2.75) is 56.9 Å². The Bertz CT molecular complexity index is 1110. The van der Waals surface area contributed by atoms with Gasteiger partial charge in [0.05, 0.1) is 0 Å². The number of halogens is 2. The van der Waals surface area contributed by atoms with Crippen LogP contribution >= 0.6 is 23.4 Å². The van der Waals surface area contributed by atoms with Crippen molar-refractivity contribution in [1.82, 2.24) is 9.88 Å². The number of aromatic nitrogens is 1. The first-order valence-corrected chi connectivity index (χ1v) is 13.1. The summed E-state index contributed by atoms with van der Waals surface area (Å²) in [5.41, 5.74) is 2.54. The molecule has 2 aromatic carbocycles. The number of hydrogen-bond donors (Lipinski definition) is 2. The van der Waals surface area contributed by atoms with E-state index in [-0.39, 0.29) is 12.2 Å². The van der Waals surface area contributed by atoms with Crippen LogP contribution in [0.25, 0.3) is 10.9 Å². The van der Waals surface area contributed by atoms with Gasteiger partial charge in [-0.3, -0.25) is 0 Å². The summed E-state index contributed by atoms with van der Waals surface area (Å²) in [6.45, 7) is 1.60. The molecule has 0 atom stereocenters. The van der Waals surface area contributed by atoms with E-state index in [2.05, 4.69) is 17.1 Å². The van der Waals surface area contributed by atoms with Crippen molar-refractivity contribution in [2.75, 3.05) is 12.3 Å². The molecule has 1 saturated carbocycles. The van der Waals surface area contributed by atoms with Gasteiger partial charge in [-0.25, -0.2) is 9.18 Å². The summed E-state index contributed by atoms with van der Waals surface area (Å²) in [7, 11) is 0. The van der Waals surface area contributed by atoms with Gasteiger partial charge in [-0.05, 0) is 55.3 Å². The van der Waals surface area contributed by atoms with E-state index in [1.807, 2.05) is 24.3 Å². The summed E-state index contributed by atoms with van der Waals surface area (Å²) >= 11 is 8.33. The molecule has 0 saturated heterocycles. The molecule has 1 fully saturated rings. The minimum absolute atomic E-state index is 0.251. The Morgan fingerprint density at radius 1 is 1.18 bits per heavy atom. The molecule has 2 N–H and O–H groups in total. The number of carboxylic acid groups (broad SMARTS) is 1. The summed E-state index contributed by atoms with van der Waals surface area (Å²) in [5, 5.41) is 15.6. The van der Waals surface area contributed by atoms with Crippen LogP contribution in [0.15, 0.2) is 42.5 Å². The largest absolute Gasteiger partial charge is 0.477 e. The molecule has 4 nitrogen and oxygen atoms in total. The Balaban J connectivity index is 1.48. The highest BCUT2D eigenvalue weighted by Gasteiger charge is 2.22. The van der Waals surface area contributed by atoms with Crippen LogP contribution in [0.3, 0.4) is 0 Å². The molecule has 3 aromatic rings. The molecular formula is C26H30ClFN2O2S. The van der Waals surface area contributed by atoms with Crippen LogP contribution in [-0.2, 0) is 13.1 Å². The van der Waals surface area contributed by atoms with Gasteiger partial charge in [0.1, 0.15) is 11.5 Å². The number of hydrogen-bond acceptors (Lipinski definition) is 3. The number of nitrogens with zero attached hydrogens (tertiary/aromatic N) is 1. The fourth-order valence-electron chi connectivity index (χ4n) is 4.68. The van der Waals surface area contributed by atoms with Crippen LogP contribution in [0.1, 0.15) is 60.1 Å². The van der Waals surface area contributed by atoms with Gasteiger partial charge >= 0.3 is 5.97 Å². The first kappa shape index (κ1) is 24.1. The van der Waals surface area contributed by atoms with Crippen molar-refractivity contribution < 1.29 is 14.3 Å². The molecule has 1 aliphatic rings. The Morgan fingerprint density at radius 3 is 2.73 bits per heavy atom. The average Bonchev–Trinajstić information content (AvgIpc) is 3.12. The maximum atomic E-state index is 13.5. The fourth-order valence-corrected chi connectivity index (χ4v) is 6.21. The molecule has 7 heteroatoms. The number of fused-ring (bicyclic) bond motifs is 1. The minimum atomic E-state index is -0.978. The highest BCUT2D eigenvalue weighted by atomic mass is 35.5. The monoisotopic (exact) mass is 488 g/mol. The van der Waals surface area contributed by atoms with Gasteiger partial charge in [-0.15, -0.1) is 0 Å². The second-order valence-electron chi connectivity index (χ2n) is 8.63. The molecule has 33 heavy (non-hydrogen) atoms. The number of para-hydroxylation sites is 1. The Kier molecular flexibility index (Phi) is 8.34. The lowest BCUT2D eigenvalue weighted by molar-refractivity contribution is 0.0684. The van der Waals surface area contributed by atoms with E-state index in [9.17, 15) is 14.3 Å². The molecule has 1 aromatic heterocycles. The molecule has 0 bridgehead atoms. The smallest absolute Gasteiger partial charge is 0.352 e. The standard InChI is InChI=1S/C26H30ClFN2O2S/c27-23-15-19(28)12-11-18(23)17-30-24-10-5-4-9-21(24)22(25(30)26(31)32)16-29-13-6-14-33-20-7-2-1-3-8-20/h4-5,9-12,15,20,29H,1-3,6-8,13-14,16-17H2,(H,31,32). The van der Waals surface area contributed by atoms with Gasteiger partial charge in [0.15, 0.2) is 0 Å². The minimum Gasteiger partial charge on any atom is -0.477 e. The molecule has 1 heterocycles. The summed E-state index contributed by atoms with van der Waals surface area (Å²) in [4.78, 5) is 12.3. The third-order valence-corrected chi connectivity index (χ3v) is 8.15. The second kappa shape index (κ2) is 11.4. The van der Waals surface area contributed by atoms with Crippen LogP contribution in [0.5, 0.6) is 0 Å². The third-order valence-electron chi connectivity index (χ3n) is 6.33. The predicted octanol–water partition coefficient (Wildman–Crippen LogP) is 6.73. The third kappa shape index (κ3) is 5.92. The zero-order valence-corrected chi connectivity index (χ0v) is 20.2. The lowest BCUT2D eigenvalue weighted by atomic mass is 10.0. The van der Waals surface area contributed by atoms with Crippen molar-refractivity contribution in [2.24, 2.45) is 0 Å². The molecule has 0 amide bonds.